The standard InChI is InChI=1S/C28H27ClN4O4S/c1-2-3-13-26-31-27(29)24(19-34)33(26)18-20-14-16-21(17-15-20)23-11-7-8-12-25(23)38(36,37)32-28(35)30-22-9-5-4-6-10-22/h4-12,14-17,19H,2-3,13,18H2,1H3,(H2,30,32,35). The average Bonchev–Trinajstić information content (AvgIpc) is 3.21. The molecule has 0 bridgehead atoms. The summed E-state index contributed by atoms with van der Waals surface area (Å²) in [6.45, 7) is 2.48. The minimum absolute atomic E-state index is 0.0255. The molecule has 1 heterocycles. The first-order chi connectivity index (χ1) is 18.3. The average molecular weight is 551 g/mol. The Morgan fingerprint density at radius 3 is 2.37 bits per heavy atom. The summed E-state index contributed by atoms with van der Waals surface area (Å²) in [7, 11) is -4.17. The fourth-order valence-electron chi connectivity index (χ4n) is 4.06. The predicted molar refractivity (Wildman–Crippen MR) is 148 cm³/mol. The first-order valence-electron chi connectivity index (χ1n) is 12.1. The maximum Gasteiger partial charge on any atom is 0.333 e. The first kappa shape index (κ1) is 27.1. The van der Waals surface area contributed by atoms with Crippen LogP contribution in [0.15, 0.2) is 83.8 Å². The summed E-state index contributed by atoms with van der Waals surface area (Å²) in [4.78, 5) is 28.3. The van der Waals surface area contributed by atoms with E-state index in [2.05, 4.69) is 21.9 Å². The second-order valence-corrected chi connectivity index (χ2v) is 10.6. The third-order valence-corrected chi connectivity index (χ3v) is 7.61. The van der Waals surface area contributed by atoms with Gasteiger partial charge in [-0.2, -0.15) is 0 Å². The van der Waals surface area contributed by atoms with Crippen molar-refractivity contribution in [2.75, 3.05) is 5.32 Å². The van der Waals surface area contributed by atoms with Gasteiger partial charge in [0, 0.05) is 24.2 Å². The van der Waals surface area contributed by atoms with E-state index in [4.69, 9.17) is 11.6 Å². The van der Waals surface area contributed by atoms with E-state index in [1.54, 1.807) is 60.7 Å². The predicted octanol–water partition coefficient (Wildman–Crippen LogP) is 5.92. The smallest absolute Gasteiger partial charge is 0.320 e. The molecule has 196 valence electrons. The van der Waals surface area contributed by atoms with Gasteiger partial charge in [0.15, 0.2) is 11.4 Å². The van der Waals surface area contributed by atoms with Crippen LogP contribution in [-0.4, -0.2) is 30.3 Å². The second kappa shape index (κ2) is 12.1. The largest absolute Gasteiger partial charge is 0.333 e. The summed E-state index contributed by atoms with van der Waals surface area (Å²) in [5.74, 6) is 0.749. The zero-order chi connectivity index (χ0) is 27.1. The highest BCUT2D eigenvalue weighted by molar-refractivity contribution is 7.90. The number of aromatic nitrogens is 2. The Morgan fingerprint density at radius 2 is 1.68 bits per heavy atom. The lowest BCUT2D eigenvalue weighted by Crippen LogP contribution is -2.34. The van der Waals surface area contributed by atoms with Gasteiger partial charge in [-0.15, -0.1) is 0 Å². The van der Waals surface area contributed by atoms with Crippen LogP contribution < -0.4 is 10.0 Å². The van der Waals surface area contributed by atoms with Crippen LogP contribution >= 0.6 is 11.6 Å². The summed E-state index contributed by atoms with van der Waals surface area (Å²) in [5, 5.41) is 2.70. The van der Waals surface area contributed by atoms with E-state index in [1.165, 1.54) is 6.07 Å². The number of aldehydes is 1. The maximum atomic E-state index is 13.1. The number of anilines is 1. The van der Waals surface area contributed by atoms with Gasteiger partial charge in [-0.3, -0.25) is 4.79 Å². The molecule has 0 aliphatic heterocycles. The van der Waals surface area contributed by atoms with Crippen molar-refractivity contribution >= 4 is 39.6 Å². The second-order valence-electron chi connectivity index (χ2n) is 8.63. The summed E-state index contributed by atoms with van der Waals surface area (Å²) in [6, 6.07) is 21.5. The molecular formula is C28H27ClN4O4S. The van der Waals surface area contributed by atoms with Crippen LogP contribution in [0.25, 0.3) is 11.1 Å². The minimum atomic E-state index is -4.17. The molecule has 0 atom stereocenters. The third-order valence-electron chi connectivity index (χ3n) is 5.95. The van der Waals surface area contributed by atoms with Crippen LogP contribution in [0.1, 0.15) is 41.6 Å². The molecule has 10 heteroatoms. The third kappa shape index (κ3) is 6.30. The number of carbonyl (C=O) groups is 2. The number of rotatable bonds is 10. The lowest BCUT2D eigenvalue weighted by Gasteiger charge is -2.13. The molecule has 1 aromatic heterocycles. The molecule has 3 aromatic carbocycles. The Balaban J connectivity index is 1.56. The van der Waals surface area contributed by atoms with Crippen molar-refractivity contribution in [3.05, 3.63) is 101 Å². The molecule has 0 aliphatic carbocycles. The molecule has 2 N–H and O–H groups in total. The number of hydrogen-bond acceptors (Lipinski definition) is 5. The Bertz CT molecular complexity index is 1540. The van der Waals surface area contributed by atoms with E-state index < -0.39 is 16.1 Å². The number of halogens is 1. The number of urea groups is 1. The lowest BCUT2D eigenvalue weighted by atomic mass is 10.0. The summed E-state index contributed by atoms with van der Waals surface area (Å²) < 4.78 is 30.1. The van der Waals surface area contributed by atoms with Gasteiger partial charge in [-0.25, -0.2) is 22.9 Å². The molecule has 0 radical (unpaired) electrons. The molecule has 4 rings (SSSR count). The Kier molecular flexibility index (Phi) is 8.60. The highest BCUT2D eigenvalue weighted by Gasteiger charge is 2.22. The van der Waals surface area contributed by atoms with Crippen molar-refractivity contribution in [1.29, 1.82) is 0 Å². The van der Waals surface area contributed by atoms with Crippen LogP contribution in [0.5, 0.6) is 0 Å². The first-order valence-corrected chi connectivity index (χ1v) is 14.0. The number of unbranched alkanes of at least 4 members (excludes halogenated alkanes) is 1. The lowest BCUT2D eigenvalue weighted by molar-refractivity contribution is 0.111. The van der Waals surface area contributed by atoms with Gasteiger partial charge in [0.25, 0.3) is 10.0 Å². The zero-order valence-corrected chi connectivity index (χ0v) is 22.3. The van der Waals surface area contributed by atoms with Crippen LogP contribution in [0, 0.1) is 0 Å². The number of benzene rings is 3. The van der Waals surface area contributed by atoms with Crippen molar-refractivity contribution in [3.8, 4) is 11.1 Å². The van der Waals surface area contributed by atoms with E-state index in [9.17, 15) is 18.0 Å². The van der Waals surface area contributed by atoms with E-state index in [0.717, 1.165) is 24.2 Å². The zero-order valence-electron chi connectivity index (χ0n) is 20.7. The van der Waals surface area contributed by atoms with Gasteiger partial charge in [0.1, 0.15) is 11.5 Å². The van der Waals surface area contributed by atoms with Gasteiger partial charge >= 0.3 is 6.03 Å². The molecule has 8 nitrogen and oxygen atoms in total. The van der Waals surface area contributed by atoms with Crippen molar-refractivity contribution in [2.24, 2.45) is 0 Å². The van der Waals surface area contributed by atoms with Gasteiger partial charge in [0.2, 0.25) is 0 Å². The normalized spacial score (nSPS) is 11.2. The number of nitrogens with zero attached hydrogens (tertiary/aromatic N) is 2. The van der Waals surface area contributed by atoms with E-state index in [1.807, 2.05) is 16.7 Å². The molecule has 4 aromatic rings. The van der Waals surface area contributed by atoms with Crippen molar-refractivity contribution in [2.45, 2.75) is 37.6 Å². The summed E-state index contributed by atoms with van der Waals surface area (Å²) in [6.07, 6.45) is 3.33. The molecule has 38 heavy (non-hydrogen) atoms. The fourth-order valence-corrected chi connectivity index (χ4v) is 5.44. The molecule has 0 aliphatic rings. The van der Waals surface area contributed by atoms with Gasteiger partial charge in [0.05, 0.1) is 4.90 Å². The number of sulfonamides is 1. The topological polar surface area (TPSA) is 110 Å². The Hall–Kier alpha value is -3.95. The molecule has 0 saturated carbocycles. The SMILES string of the molecule is CCCCc1nc(Cl)c(C=O)n1Cc1ccc(-c2ccccc2S(=O)(=O)NC(=O)Nc2ccccc2)cc1. The van der Waals surface area contributed by atoms with Gasteiger partial charge in [-0.05, 0) is 35.7 Å². The van der Waals surface area contributed by atoms with E-state index in [0.29, 0.717) is 41.8 Å². The van der Waals surface area contributed by atoms with E-state index >= 15 is 0 Å². The molecule has 0 fully saturated rings. The number of hydrogen-bond donors (Lipinski definition) is 2. The summed E-state index contributed by atoms with van der Waals surface area (Å²) >= 11 is 6.19. The van der Waals surface area contributed by atoms with Crippen LogP contribution in [0.2, 0.25) is 5.15 Å². The Labute approximate surface area is 226 Å². The van der Waals surface area contributed by atoms with Crippen LogP contribution in [0.4, 0.5) is 10.5 Å². The van der Waals surface area contributed by atoms with Crippen LogP contribution in [0.3, 0.4) is 0 Å². The quantitative estimate of drug-likeness (QED) is 0.238. The number of carbonyl (C=O) groups excluding carboxylic acids is 2. The van der Waals surface area contributed by atoms with Gasteiger partial charge in [-0.1, -0.05) is 85.6 Å². The van der Waals surface area contributed by atoms with Gasteiger partial charge < -0.3 is 9.88 Å². The van der Waals surface area contributed by atoms with Crippen molar-refractivity contribution < 1.29 is 18.0 Å². The Morgan fingerprint density at radius 1 is 1.00 bits per heavy atom. The highest BCUT2D eigenvalue weighted by Crippen LogP contribution is 2.28. The number of imidazole rings is 1. The monoisotopic (exact) mass is 550 g/mol. The van der Waals surface area contributed by atoms with E-state index in [-0.39, 0.29) is 10.0 Å². The van der Waals surface area contributed by atoms with Crippen molar-refractivity contribution in [1.82, 2.24) is 14.3 Å². The highest BCUT2D eigenvalue weighted by atomic mass is 35.5. The number of para-hydroxylation sites is 1. The molecule has 0 unspecified atom stereocenters. The molecular weight excluding hydrogens is 524 g/mol. The molecule has 0 saturated heterocycles. The minimum Gasteiger partial charge on any atom is -0.320 e. The fraction of sp³-hybridized carbons (Fsp3) is 0.179. The number of amides is 2. The summed E-state index contributed by atoms with van der Waals surface area (Å²) in [5.41, 5.74) is 2.80. The number of nitrogens with one attached hydrogen (secondary N) is 2. The van der Waals surface area contributed by atoms with Crippen molar-refractivity contribution in [3.63, 3.8) is 0 Å². The molecule has 0 spiro atoms. The maximum absolute atomic E-state index is 13.1. The number of aryl methyl sites for hydroxylation is 1. The molecule has 2 amide bonds. The van der Waals surface area contributed by atoms with Crippen LogP contribution in [-0.2, 0) is 23.0 Å².